The first-order valence-corrected chi connectivity index (χ1v) is 11.9. The molecule has 3 aromatic rings. The standard InChI is InChI=1S/C28H28N2O6/c1-33-21-8-3-18(4-9-21)27-23(12-14-26(31)30(27)20-6-10-22(34-2)11-7-20)28(32)29-19-5-13-24-25(17-19)36-16-15-35-24/h3-11,13,17,23,27H,12,14-16H2,1-2H3,(H,29,32)/t23-,27-/m1/s1. The summed E-state index contributed by atoms with van der Waals surface area (Å²) in [6, 6.07) is 19.7. The Morgan fingerprint density at radius 3 is 2.19 bits per heavy atom. The van der Waals surface area contributed by atoms with Crippen molar-refractivity contribution >= 4 is 23.2 Å². The highest BCUT2D eigenvalue weighted by atomic mass is 16.6. The van der Waals surface area contributed by atoms with Crippen LogP contribution in [0.2, 0.25) is 0 Å². The van der Waals surface area contributed by atoms with Crippen molar-refractivity contribution in [3.63, 3.8) is 0 Å². The molecule has 2 amide bonds. The minimum absolute atomic E-state index is 0.0376. The Kier molecular flexibility index (Phi) is 6.66. The second kappa shape index (κ2) is 10.2. The highest BCUT2D eigenvalue weighted by Gasteiger charge is 2.41. The molecule has 8 nitrogen and oxygen atoms in total. The summed E-state index contributed by atoms with van der Waals surface area (Å²) in [6.07, 6.45) is 0.691. The van der Waals surface area contributed by atoms with Crippen molar-refractivity contribution in [2.24, 2.45) is 5.92 Å². The molecule has 2 heterocycles. The predicted molar refractivity (Wildman–Crippen MR) is 135 cm³/mol. The van der Waals surface area contributed by atoms with Crippen molar-refractivity contribution in [1.82, 2.24) is 0 Å². The molecule has 8 heteroatoms. The summed E-state index contributed by atoms with van der Waals surface area (Å²) in [7, 11) is 3.20. The minimum atomic E-state index is -0.497. The van der Waals surface area contributed by atoms with Gasteiger partial charge in [0.15, 0.2) is 11.5 Å². The summed E-state index contributed by atoms with van der Waals surface area (Å²) in [6.45, 7) is 0.963. The second-order valence-corrected chi connectivity index (χ2v) is 8.67. The van der Waals surface area contributed by atoms with Crippen molar-refractivity contribution in [2.45, 2.75) is 18.9 Å². The number of nitrogens with one attached hydrogen (secondary N) is 1. The number of carbonyl (C=O) groups is 2. The van der Waals surface area contributed by atoms with E-state index in [1.165, 1.54) is 0 Å². The zero-order chi connectivity index (χ0) is 25.1. The van der Waals surface area contributed by atoms with Gasteiger partial charge in [0.25, 0.3) is 0 Å². The third-order valence-corrected chi connectivity index (χ3v) is 6.55. The van der Waals surface area contributed by atoms with E-state index in [1.807, 2.05) is 48.5 Å². The molecule has 0 saturated carbocycles. The monoisotopic (exact) mass is 488 g/mol. The van der Waals surface area contributed by atoms with Crippen LogP contribution < -0.4 is 29.2 Å². The SMILES string of the molecule is COc1ccc([C@@H]2[C@H](C(=O)Nc3ccc4c(c3)OCCO4)CCC(=O)N2c2ccc(OC)cc2)cc1. The molecule has 0 aromatic heterocycles. The number of rotatable bonds is 6. The molecule has 2 atom stereocenters. The largest absolute Gasteiger partial charge is 0.497 e. The van der Waals surface area contributed by atoms with E-state index in [0.717, 1.165) is 5.56 Å². The Labute approximate surface area is 209 Å². The lowest BCUT2D eigenvalue weighted by Gasteiger charge is -2.41. The normalized spacial score (nSPS) is 18.9. The average Bonchev–Trinajstić information content (AvgIpc) is 2.93. The number of carbonyl (C=O) groups excluding carboxylic acids is 2. The van der Waals surface area contributed by atoms with Crippen LogP contribution in [0.25, 0.3) is 0 Å². The lowest BCUT2D eigenvalue weighted by molar-refractivity contribution is -0.125. The molecule has 0 aliphatic carbocycles. The van der Waals surface area contributed by atoms with Crippen LogP contribution in [0.3, 0.4) is 0 Å². The van der Waals surface area contributed by atoms with Gasteiger partial charge < -0.3 is 29.2 Å². The fourth-order valence-electron chi connectivity index (χ4n) is 4.75. The maximum absolute atomic E-state index is 13.7. The van der Waals surface area contributed by atoms with Crippen molar-refractivity contribution in [1.29, 1.82) is 0 Å². The van der Waals surface area contributed by atoms with Crippen molar-refractivity contribution in [3.05, 3.63) is 72.3 Å². The predicted octanol–water partition coefficient (Wildman–Crippen LogP) is 4.60. The summed E-state index contributed by atoms with van der Waals surface area (Å²) >= 11 is 0. The van der Waals surface area contributed by atoms with Gasteiger partial charge in [0.2, 0.25) is 11.8 Å². The number of ether oxygens (including phenoxy) is 4. The number of anilines is 2. The number of nitrogens with zero attached hydrogens (tertiary/aromatic N) is 1. The number of hydrogen-bond acceptors (Lipinski definition) is 6. The Morgan fingerprint density at radius 2 is 1.53 bits per heavy atom. The van der Waals surface area contributed by atoms with E-state index in [1.54, 1.807) is 37.3 Å². The molecule has 5 rings (SSSR count). The summed E-state index contributed by atoms with van der Waals surface area (Å²) in [4.78, 5) is 28.6. The van der Waals surface area contributed by atoms with Crippen LogP contribution in [-0.2, 0) is 9.59 Å². The Hall–Kier alpha value is -4.20. The first kappa shape index (κ1) is 23.5. The maximum Gasteiger partial charge on any atom is 0.229 e. The van der Waals surface area contributed by atoms with Crippen molar-refractivity contribution in [3.8, 4) is 23.0 Å². The summed E-state index contributed by atoms with van der Waals surface area (Å²) < 4.78 is 21.8. The van der Waals surface area contributed by atoms with E-state index >= 15 is 0 Å². The summed E-state index contributed by atoms with van der Waals surface area (Å²) in [5, 5.41) is 3.03. The third-order valence-electron chi connectivity index (χ3n) is 6.55. The second-order valence-electron chi connectivity index (χ2n) is 8.67. The van der Waals surface area contributed by atoms with Gasteiger partial charge in [-0.2, -0.15) is 0 Å². The van der Waals surface area contributed by atoms with Crippen LogP contribution in [0.1, 0.15) is 24.4 Å². The molecule has 0 radical (unpaired) electrons. The third kappa shape index (κ3) is 4.66. The molecule has 2 aliphatic rings. The van der Waals surface area contributed by atoms with Crippen LogP contribution in [0.4, 0.5) is 11.4 Å². The number of benzene rings is 3. The smallest absolute Gasteiger partial charge is 0.229 e. The average molecular weight is 489 g/mol. The topological polar surface area (TPSA) is 86.3 Å². The van der Waals surface area contributed by atoms with Crippen LogP contribution in [-0.4, -0.2) is 39.2 Å². The quantitative estimate of drug-likeness (QED) is 0.546. The molecule has 0 spiro atoms. The highest BCUT2D eigenvalue weighted by Crippen LogP contribution is 2.41. The molecule has 1 fully saturated rings. The van der Waals surface area contributed by atoms with Crippen molar-refractivity contribution < 1.29 is 28.5 Å². The highest BCUT2D eigenvalue weighted by molar-refractivity contribution is 6.00. The molecule has 3 aromatic carbocycles. The molecule has 186 valence electrons. The maximum atomic E-state index is 13.7. The summed E-state index contributed by atoms with van der Waals surface area (Å²) in [5.41, 5.74) is 2.17. The number of hydrogen-bond donors (Lipinski definition) is 1. The first-order chi connectivity index (χ1) is 17.6. The number of amides is 2. The zero-order valence-corrected chi connectivity index (χ0v) is 20.2. The van der Waals surface area contributed by atoms with Gasteiger partial charge in [-0.05, 0) is 60.5 Å². The number of methoxy groups -OCH3 is 2. The van der Waals surface area contributed by atoms with Gasteiger partial charge in [-0.3, -0.25) is 9.59 Å². The van der Waals surface area contributed by atoms with Crippen LogP contribution in [0.15, 0.2) is 66.7 Å². The van der Waals surface area contributed by atoms with Gasteiger partial charge in [0.05, 0.1) is 26.2 Å². The molecular formula is C28H28N2O6. The molecular weight excluding hydrogens is 460 g/mol. The van der Waals surface area contributed by atoms with Gasteiger partial charge in [0, 0.05) is 23.9 Å². The Morgan fingerprint density at radius 1 is 0.889 bits per heavy atom. The molecule has 0 unspecified atom stereocenters. The van der Waals surface area contributed by atoms with Gasteiger partial charge in [-0.25, -0.2) is 0 Å². The Bertz CT molecular complexity index is 1240. The molecule has 2 aliphatic heterocycles. The zero-order valence-electron chi connectivity index (χ0n) is 20.2. The van der Waals surface area contributed by atoms with Crippen LogP contribution in [0.5, 0.6) is 23.0 Å². The van der Waals surface area contributed by atoms with Gasteiger partial charge in [0.1, 0.15) is 24.7 Å². The Balaban J connectivity index is 1.49. The summed E-state index contributed by atoms with van der Waals surface area (Å²) in [5.74, 6) is 1.97. The lowest BCUT2D eigenvalue weighted by atomic mass is 9.83. The minimum Gasteiger partial charge on any atom is -0.497 e. The number of fused-ring (bicyclic) bond motifs is 1. The fraction of sp³-hybridized carbons (Fsp3) is 0.286. The van der Waals surface area contributed by atoms with E-state index in [9.17, 15) is 9.59 Å². The fourth-order valence-corrected chi connectivity index (χ4v) is 4.75. The van der Waals surface area contributed by atoms with E-state index in [4.69, 9.17) is 18.9 Å². The van der Waals surface area contributed by atoms with Gasteiger partial charge in [-0.15, -0.1) is 0 Å². The van der Waals surface area contributed by atoms with Crippen LogP contribution in [0, 0.1) is 5.92 Å². The van der Waals surface area contributed by atoms with Crippen molar-refractivity contribution in [2.75, 3.05) is 37.7 Å². The van der Waals surface area contributed by atoms with E-state index in [-0.39, 0.29) is 18.2 Å². The van der Waals surface area contributed by atoms with Gasteiger partial charge in [-0.1, -0.05) is 12.1 Å². The van der Waals surface area contributed by atoms with E-state index in [2.05, 4.69) is 5.32 Å². The number of piperidine rings is 1. The lowest BCUT2D eigenvalue weighted by Crippen LogP contribution is -2.47. The molecule has 1 N–H and O–H groups in total. The molecule has 1 saturated heterocycles. The molecule has 0 bridgehead atoms. The molecule has 36 heavy (non-hydrogen) atoms. The van der Waals surface area contributed by atoms with E-state index < -0.39 is 12.0 Å². The van der Waals surface area contributed by atoms with Gasteiger partial charge >= 0.3 is 0 Å². The van der Waals surface area contributed by atoms with Crippen LogP contribution >= 0.6 is 0 Å². The first-order valence-electron chi connectivity index (χ1n) is 11.9. The van der Waals surface area contributed by atoms with E-state index in [0.29, 0.717) is 54.0 Å².